The lowest BCUT2D eigenvalue weighted by molar-refractivity contribution is -0.111. The van der Waals surface area contributed by atoms with Crippen molar-refractivity contribution in [3.8, 4) is 5.75 Å². The number of ether oxygens (including phenoxy) is 1. The first-order chi connectivity index (χ1) is 21.7. The lowest BCUT2D eigenvalue weighted by atomic mass is 9.81. The average Bonchev–Trinajstić information content (AvgIpc) is 3.44. The molecule has 240 valence electrons. The van der Waals surface area contributed by atoms with Crippen LogP contribution in [0.3, 0.4) is 0 Å². The van der Waals surface area contributed by atoms with Crippen molar-refractivity contribution >= 4 is 29.7 Å². The van der Waals surface area contributed by atoms with Crippen LogP contribution in [0.5, 0.6) is 5.75 Å². The Labute approximate surface area is 266 Å². The third-order valence-electron chi connectivity index (χ3n) is 7.40. The number of hydrogen-bond acceptors (Lipinski definition) is 9. The molecule has 0 radical (unpaired) electrons. The Bertz CT molecular complexity index is 1820. The smallest absolute Gasteiger partial charge is 0.321 e. The molecule has 0 aliphatic heterocycles. The predicted molar refractivity (Wildman–Crippen MR) is 171 cm³/mol. The van der Waals surface area contributed by atoms with E-state index in [0.29, 0.717) is 34.5 Å². The number of rotatable bonds is 8. The van der Waals surface area contributed by atoms with Gasteiger partial charge in [0.25, 0.3) is 5.91 Å². The highest BCUT2D eigenvalue weighted by Crippen LogP contribution is 2.37. The molecular formula is C33H38N8O5. The molecule has 2 atom stereocenters. The fraction of sp³-hybridized carbons (Fsp3) is 0.364. The van der Waals surface area contributed by atoms with Crippen molar-refractivity contribution in [2.45, 2.75) is 64.0 Å². The quantitative estimate of drug-likeness (QED) is 0.168. The van der Waals surface area contributed by atoms with E-state index in [4.69, 9.17) is 9.84 Å². The number of anilines is 1. The van der Waals surface area contributed by atoms with Gasteiger partial charge in [-0.25, -0.2) is 14.8 Å². The summed E-state index contributed by atoms with van der Waals surface area (Å²) in [7, 11) is 0. The van der Waals surface area contributed by atoms with Gasteiger partial charge in [0.1, 0.15) is 29.0 Å². The monoisotopic (exact) mass is 626 g/mol. The van der Waals surface area contributed by atoms with Gasteiger partial charge in [-0.3, -0.25) is 19.3 Å². The third kappa shape index (κ3) is 6.59. The standard InChI is InChI=1S/C33H38N8O5/c1-31(2,3)24-17-25(36-27(35-24)28(44)34-15-16-42)37-30(45)38-33(19-43)14-13-23(21-9-7-8-10-22(21)33)46-20-11-12-26-39-40-29(32(4,5)6)41(26)18-20/h7-14,17-19,23,42H,15-16H2,1-6H3,(H,34,44)(H2,35,36,37,38,45)/t23-,33-/m1/s1. The Balaban J connectivity index is 1.41. The summed E-state index contributed by atoms with van der Waals surface area (Å²) < 4.78 is 8.29. The predicted octanol–water partition coefficient (Wildman–Crippen LogP) is 3.74. The van der Waals surface area contributed by atoms with Gasteiger partial charge in [-0.05, 0) is 29.8 Å². The molecule has 0 unspecified atom stereocenters. The summed E-state index contributed by atoms with van der Waals surface area (Å²) in [6.45, 7) is 11.7. The maximum atomic E-state index is 13.4. The van der Waals surface area contributed by atoms with E-state index in [9.17, 15) is 14.4 Å². The minimum absolute atomic E-state index is 0.0246. The first kappa shape index (κ1) is 32.2. The summed E-state index contributed by atoms with van der Waals surface area (Å²) >= 11 is 0. The molecule has 0 saturated heterocycles. The Hall–Kier alpha value is -5.17. The van der Waals surface area contributed by atoms with E-state index < -0.39 is 29.0 Å². The normalized spacial score (nSPS) is 17.7. The van der Waals surface area contributed by atoms with Crippen LogP contribution >= 0.6 is 0 Å². The molecule has 1 aliphatic rings. The van der Waals surface area contributed by atoms with E-state index in [0.717, 1.165) is 5.82 Å². The molecule has 0 spiro atoms. The summed E-state index contributed by atoms with van der Waals surface area (Å²) in [6.07, 6.45) is 5.26. The second kappa shape index (κ2) is 12.3. The molecule has 3 heterocycles. The van der Waals surface area contributed by atoms with Crippen molar-refractivity contribution in [1.82, 2.24) is 35.2 Å². The van der Waals surface area contributed by atoms with Crippen molar-refractivity contribution < 1.29 is 24.2 Å². The van der Waals surface area contributed by atoms with Crippen LogP contribution in [0, 0.1) is 0 Å². The molecule has 1 aromatic carbocycles. The molecule has 0 saturated carbocycles. The summed E-state index contributed by atoms with van der Waals surface area (Å²) in [5, 5.41) is 25.6. The number of aromatic nitrogens is 5. The summed E-state index contributed by atoms with van der Waals surface area (Å²) in [5.41, 5.74) is 0.216. The lowest BCUT2D eigenvalue weighted by Crippen LogP contribution is -2.49. The molecule has 3 amide bonds. The third-order valence-corrected chi connectivity index (χ3v) is 7.40. The number of carbonyl (C=O) groups is 3. The van der Waals surface area contributed by atoms with Crippen LogP contribution < -0.4 is 20.7 Å². The highest BCUT2D eigenvalue weighted by Gasteiger charge is 2.38. The van der Waals surface area contributed by atoms with Gasteiger partial charge in [-0.2, -0.15) is 0 Å². The van der Waals surface area contributed by atoms with Crippen molar-refractivity contribution in [2.24, 2.45) is 0 Å². The molecule has 0 bridgehead atoms. The van der Waals surface area contributed by atoms with Gasteiger partial charge in [0.2, 0.25) is 5.82 Å². The second-order valence-corrected chi connectivity index (χ2v) is 13.1. The minimum atomic E-state index is -1.51. The number of aldehydes is 1. The summed E-state index contributed by atoms with van der Waals surface area (Å²) in [5.74, 6) is 0.674. The largest absolute Gasteiger partial charge is 0.480 e. The van der Waals surface area contributed by atoms with Crippen molar-refractivity contribution in [3.05, 3.63) is 89.3 Å². The van der Waals surface area contributed by atoms with Crippen LogP contribution in [0.4, 0.5) is 10.6 Å². The Kier molecular flexibility index (Phi) is 8.63. The SMILES string of the molecule is CC(C)(C)c1cc(NC(=O)N[C@@]2(C=O)C=C[C@@H](Oc3ccc4nnc(C(C)(C)C)n4c3)c3ccccc32)nc(C(=O)NCCO)n1. The van der Waals surface area contributed by atoms with Crippen molar-refractivity contribution in [2.75, 3.05) is 18.5 Å². The molecule has 5 rings (SSSR count). The summed E-state index contributed by atoms with van der Waals surface area (Å²) in [6, 6.07) is 11.7. The highest BCUT2D eigenvalue weighted by molar-refractivity contribution is 5.94. The van der Waals surface area contributed by atoms with Crippen LogP contribution in [0.1, 0.15) is 80.9 Å². The van der Waals surface area contributed by atoms with E-state index in [1.54, 1.807) is 30.4 Å². The van der Waals surface area contributed by atoms with Gasteiger partial charge in [0.15, 0.2) is 11.9 Å². The van der Waals surface area contributed by atoms with Crippen molar-refractivity contribution in [3.63, 3.8) is 0 Å². The van der Waals surface area contributed by atoms with Crippen LogP contribution in [0.2, 0.25) is 0 Å². The molecule has 0 fully saturated rings. The van der Waals surface area contributed by atoms with E-state index in [1.807, 2.05) is 55.6 Å². The molecule has 3 aromatic heterocycles. The first-order valence-corrected chi connectivity index (χ1v) is 14.9. The van der Waals surface area contributed by atoms with Crippen LogP contribution in [0.15, 0.2) is 60.8 Å². The van der Waals surface area contributed by atoms with Crippen LogP contribution in [-0.2, 0) is 21.2 Å². The number of benzene rings is 1. The molecule has 4 N–H and O–H groups in total. The number of carbonyl (C=O) groups excluding carboxylic acids is 3. The topological polar surface area (TPSA) is 173 Å². The zero-order valence-electron chi connectivity index (χ0n) is 26.7. The number of fused-ring (bicyclic) bond motifs is 2. The zero-order chi connectivity index (χ0) is 33.3. The molecule has 46 heavy (non-hydrogen) atoms. The van der Waals surface area contributed by atoms with Gasteiger partial charge < -0.3 is 20.5 Å². The second-order valence-electron chi connectivity index (χ2n) is 13.1. The van der Waals surface area contributed by atoms with E-state index >= 15 is 0 Å². The fourth-order valence-electron chi connectivity index (χ4n) is 5.08. The first-order valence-electron chi connectivity index (χ1n) is 14.9. The number of urea groups is 1. The number of nitrogens with zero attached hydrogens (tertiary/aromatic N) is 5. The van der Waals surface area contributed by atoms with Gasteiger partial charge in [0, 0.05) is 29.0 Å². The van der Waals surface area contributed by atoms with E-state index in [1.165, 1.54) is 0 Å². The Morgan fingerprint density at radius 3 is 2.50 bits per heavy atom. The van der Waals surface area contributed by atoms with Gasteiger partial charge in [-0.15, -0.1) is 10.2 Å². The molecular weight excluding hydrogens is 588 g/mol. The number of amides is 3. The van der Waals surface area contributed by atoms with Gasteiger partial charge in [0.05, 0.1) is 18.5 Å². The molecule has 13 heteroatoms. The number of hydrogen-bond donors (Lipinski definition) is 4. The average molecular weight is 627 g/mol. The Morgan fingerprint density at radius 2 is 1.80 bits per heavy atom. The number of aliphatic hydroxyl groups excluding tert-OH is 1. The fourth-order valence-corrected chi connectivity index (χ4v) is 5.08. The van der Waals surface area contributed by atoms with E-state index in [2.05, 4.69) is 56.9 Å². The maximum Gasteiger partial charge on any atom is 0.321 e. The van der Waals surface area contributed by atoms with Crippen LogP contribution in [-0.4, -0.2) is 61.0 Å². The van der Waals surface area contributed by atoms with E-state index in [-0.39, 0.29) is 30.2 Å². The Morgan fingerprint density at radius 1 is 1.04 bits per heavy atom. The molecule has 4 aromatic rings. The minimum Gasteiger partial charge on any atom is -0.480 e. The zero-order valence-corrected chi connectivity index (χ0v) is 26.7. The number of aliphatic hydroxyl groups is 1. The van der Waals surface area contributed by atoms with Crippen molar-refractivity contribution in [1.29, 1.82) is 0 Å². The number of pyridine rings is 1. The maximum absolute atomic E-state index is 13.4. The molecule has 1 aliphatic carbocycles. The van der Waals surface area contributed by atoms with Gasteiger partial charge in [-0.1, -0.05) is 65.8 Å². The molecule has 13 nitrogen and oxygen atoms in total. The van der Waals surface area contributed by atoms with Gasteiger partial charge >= 0.3 is 6.03 Å². The summed E-state index contributed by atoms with van der Waals surface area (Å²) in [4.78, 5) is 47.3. The number of nitrogens with one attached hydrogen (secondary N) is 3. The van der Waals surface area contributed by atoms with Crippen LogP contribution in [0.25, 0.3) is 5.65 Å². The lowest BCUT2D eigenvalue weighted by Gasteiger charge is -2.34. The highest BCUT2D eigenvalue weighted by atomic mass is 16.5.